The third-order valence-electron chi connectivity index (χ3n) is 2.55. The molecule has 0 amide bonds. The van der Waals surface area contributed by atoms with Gasteiger partial charge in [-0.05, 0) is 15.9 Å². The molecule has 1 aromatic carbocycles. The molecule has 0 aliphatic rings. The van der Waals surface area contributed by atoms with E-state index < -0.39 is 0 Å². The van der Waals surface area contributed by atoms with E-state index in [1.54, 1.807) is 4.68 Å². The van der Waals surface area contributed by atoms with Gasteiger partial charge in [-0.25, -0.2) is 0 Å². The van der Waals surface area contributed by atoms with E-state index in [1.165, 1.54) is 0 Å². The second-order valence-corrected chi connectivity index (χ2v) is 4.56. The standard InChI is InChI=1S/C12H9BrN4/c1-17-7-9-10(13)11(14-15-12(9)16-17)8-5-3-2-4-6-8/h2-7H,1H3. The molecular weight excluding hydrogens is 280 g/mol. The van der Waals surface area contributed by atoms with Gasteiger partial charge in [0.25, 0.3) is 0 Å². The lowest BCUT2D eigenvalue weighted by molar-refractivity contribution is 0.773. The number of hydrogen-bond acceptors (Lipinski definition) is 3. The smallest absolute Gasteiger partial charge is 0.204 e. The Labute approximate surface area is 106 Å². The number of hydrogen-bond donors (Lipinski definition) is 0. The van der Waals surface area contributed by atoms with E-state index in [0.29, 0.717) is 5.65 Å². The van der Waals surface area contributed by atoms with Crippen molar-refractivity contribution in [1.82, 2.24) is 20.0 Å². The zero-order valence-electron chi connectivity index (χ0n) is 9.13. The fourth-order valence-electron chi connectivity index (χ4n) is 1.75. The SMILES string of the molecule is Cn1cc2c(Br)c(-c3ccccc3)nnc2n1. The van der Waals surface area contributed by atoms with Crippen LogP contribution in [-0.2, 0) is 7.05 Å². The van der Waals surface area contributed by atoms with E-state index in [1.807, 2.05) is 43.6 Å². The fraction of sp³-hybridized carbons (Fsp3) is 0.0833. The minimum atomic E-state index is 0.652. The van der Waals surface area contributed by atoms with Crippen LogP contribution in [0.15, 0.2) is 41.0 Å². The van der Waals surface area contributed by atoms with Crippen molar-refractivity contribution in [2.45, 2.75) is 0 Å². The summed E-state index contributed by atoms with van der Waals surface area (Å²) in [6.07, 6.45) is 1.93. The minimum absolute atomic E-state index is 0.652. The Morgan fingerprint density at radius 3 is 2.65 bits per heavy atom. The first-order chi connectivity index (χ1) is 8.25. The highest BCUT2D eigenvalue weighted by Gasteiger charge is 2.12. The third kappa shape index (κ3) is 1.72. The van der Waals surface area contributed by atoms with Crippen LogP contribution >= 0.6 is 15.9 Å². The summed E-state index contributed by atoms with van der Waals surface area (Å²) in [5.74, 6) is 0. The molecule has 0 aliphatic heterocycles. The summed E-state index contributed by atoms with van der Waals surface area (Å²) in [4.78, 5) is 0. The van der Waals surface area contributed by atoms with Crippen LogP contribution < -0.4 is 0 Å². The molecule has 0 atom stereocenters. The normalized spacial score (nSPS) is 10.9. The summed E-state index contributed by atoms with van der Waals surface area (Å²) in [6, 6.07) is 9.97. The molecule has 0 saturated carbocycles. The molecule has 0 saturated heterocycles. The molecule has 84 valence electrons. The van der Waals surface area contributed by atoms with Gasteiger partial charge in [-0.1, -0.05) is 30.3 Å². The van der Waals surface area contributed by atoms with E-state index in [4.69, 9.17) is 0 Å². The lowest BCUT2D eigenvalue weighted by Gasteiger charge is -2.02. The molecule has 0 N–H and O–H groups in total. The van der Waals surface area contributed by atoms with Gasteiger partial charge in [0.2, 0.25) is 5.65 Å². The van der Waals surface area contributed by atoms with E-state index >= 15 is 0 Å². The van der Waals surface area contributed by atoms with Crippen LogP contribution in [0.3, 0.4) is 0 Å². The topological polar surface area (TPSA) is 43.6 Å². The summed E-state index contributed by atoms with van der Waals surface area (Å²) in [7, 11) is 1.87. The summed E-state index contributed by atoms with van der Waals surface area (Å²) >= 11 is 3.58. The van der Waals surface area contributed by atoms with Crippen molar-refractivity contribution in [1.29, 1.82) is 0 Å². The first kappa shape index (κ1) is 10.4. The van der Waals surface area contributed by atoms with Crippen LogP contribution in [0, 0.1) is 0 Å². The monoisotopic (exact) mass is 288 g/mol. The Bertz CT molecular complexity index is 676. The summed E-state index contributed by atoms with van der Waals surface area (Å²) in [6.45, 7) is 0. The van der Waals surface area contributed by atoms with E-state index in [2.05, 4.69) is 31.2 Å². The van der Waals surface area contributed by atoms with Crippen molar-refractivity contribution >= 4 is 27.0 Å². The Morgan fingerprint density at radius 2 is 1.88 bits per heavy atom. The highest BCUT2D eigenvalue weighted by atomic mass is 79.9. The van der Waals surface area contributed by atoms with Gasteiger partial charge in [0, 0.05) is 18.8 Å². The van der Waals surface area contributed by atoms with Gasteiger partial charge in [-0.3, -0.25) is 4.68 Å². The predicted octanol–water partition coefficient (Wildman–Crippen LogP) is 2.79. The number of nitrogens with zero attached hydrogens (tertiary/aromatic N) is 4. The first-order valence-electron chi connectivity index (χ1n) is 5.16. The maximum Gasteiger partial charge on any atom is 0.204 e. The minimum Gasteiger partial charge on any atom is -0.273 e. The molecule has 2 aromatic heterocycles. The van der Waals surface area contributed by atoms with E-state index in [0.717, 1.165) is 21.1 Å². The second kappa shape index (κ2) is 3.92. The van der Waals surface area contributed by atoms with Crippen LogP contribution in [0.1, 0.15) is 0 Å². The molecular formula is C12H9BrN4. The van der Waals surface area contributed by atoms with Gasteiger partial charge in [0.1, 0.15) is 5.69 Å². The van der Waals surface area contributed by atoms with Crippen molar-refractivity contribution in [3.63, 3.8) is 0 Å². The summed E-state index contributed by atoms with van der Waals surface area (Å²) < 4.78 is 2.67. The van der Waals surface area contributed by atoms with Crippen LogP contribution in [0.2, 0.25) is 0 Å². The zero-order chi connectivity index (χ0) is 11.8. The lowest BCUT2D eigenvalue weighted by Crippen LogP contribution is -1.91. The number of aromatic nitrogens is 4. The molecule has 0 aliphatic carbocycles. The molecule has 3 rings (SSSR count). The van der Waals surface area contributed by atoms with Crippen LogP contribution in [-0.4, -0.2) is 20.0 Å². The third-order valence-corrected chi connectivity index (χ3v) is 3.35. The molecule has 17 heavy (non-hydrogen) atoms. The predicted molar refractivity (Wildman–Crippen MR) is 69.4 cm³/mol. The summed E-state index contributed by atoms with van der Waals surface area (Å²) in [5, 5.41) is 13.5. The van der Waals surface area contributed by atoms with Crippen molar-refractivity contribution in [2.75, 3.05) is 0 Å². The van der Waals surface area contributed by atoms with Gasteiger partial charge in [0.15, 0.2) is 0 Å². The molecule has 0 fully saturated rings. The van der Waals surface area contributed by atoms with Crippen LogP contribution in [0.4, 0.5) is 0 Å². The number of fused-ring (bicyclic) bond motifs is 1. The fourth-order valence-corrected chi connectivity index (χ4v) is 2.34. The lowest BCUT2D eigenvalue weighted by atomic mass is 10.1. The second-order valence-electron chi connectivity index (χ2n) is 3.77. The highest BCUT2D eigenvalue weighted by Crippen LogP contribution is 2.30. The van der Waals surface area contributed by atoms with Crippen molar-refractivity contribution in [3.05, 3.63) is 41.0 Å². The Morgan fingerprint density at radius 1 is 1.12 bits per heavy atom. The van der Waals surface area contributed by atoms with E-state index in [-0.39, 0.29) is 0 Å². The highest BCUT2D eigenvalue weighted by molar-refractivity contribution is 9.10. The molecule has 3 aromatic rings. The van der Waals surface area contributed by atoms with Gasteiger partial charge >= 0.3 is 0 Å². The van der Waals surface area contributed by atoms with Crippen molar-refractivity contribution < 1.29 is 0 Å². The van der Waals surface area contributed by atoms with Crippen LogP contribution in [0.5, 0.6) is 0 Å². The van der Waals surface area contributed by atoms with Gasteiger partial charge in [-0.15, -0.1) is 10.2 Å². The Kier molecular flexibility index (Phi) is 2.40. The molecule has 2 heterocycles. The molecule has 0 bridgehead atoms. The van der Waals surface area contributed by atoms with Gasteiger partial charge in [-0.2, -0.15) is 5.10 Å². The average molecular weight is 289 g/mol. The first-order valence-corrected chi connectivity index (χ1v) is 5.96. The van der Waals surface area contributed by atoms with Crippen molar-refractivity contribution in [3.8, 4) is 11.3 Å². The number of halogens is 1. The van der Waals surface area contributed by atoms with Crippen LogP contribution in [0.25, 0.3) is 22.3 Å². The maximum absolute atomic E-state index is 4.22. The quantitative estimate of drug-likeness (QED) is 0.692. The van der Waals surface area contributed by atoms with Gasteiger partial charge in [0.05, 0.1) is 9.86 Å². The van der Waals surface area contributed by atoms with E-state index in [9.17, 15) is 0 Å². The largest absolute Gasteiger partial charge is 0.273 e. The maximum atomic E-state index is 4.22. The molecule has 4 nitrogen and oxygen atoms in total. The molecule has 0 unspecified atom stereocenters. The van der Waals surface area contributed by atoms with Crippen molar-refractivity contribution in [2.24, 2.45) is 7.05 Å². The number of benzene rings is 1. The van der Waals surface area contributed by atoms with Gasteiger partial charge < -0.3 is 0 Å². The Balaban J connectivity index is 2.28. The molecule has 0 radical (unpaired) electrons. The average Bonchev–Trinajstić information content (AvgIpc) is 2.72. The Hall–Kier alpha value is -1.75. The zero-order valence-corrected chi connectivity index (χ0v) is 10.7. The number of aryl methyl sites for hydroxylation is 1. The molecule has 5 heteroatoms. The number of rotatable bonds is 1. The summed E-state index contributed by atoms with van der Waals surface area (Å²) in [5.41, 5.74) is 2.53. The molecule has 0 spiro atoms.